The Hall–Kier alpha value is -0.960. The molecular weight excluding hydrogens is 463 g/mol. The van der Waals surface area contributed by atoms with Crippen LogP contribution in [0, 0.1) is 23.0 Å². The zero-order valence-corrected chi connectivity index (χ0v) is 19.1. The number of hydrogen-bond acceptors (Lipinski definition) is 2. The number of hydrogen-bond donors (Lipinski definition) is 2. The molecule has 1 aromatic rings. The van der Waals surface area contributed by atoms with Crippen molar-refractivity contribution in [2.45, 2.75) is 52.7 Å². The van der Waals surface area contributed by atoms with Gasteiger partial charge >= 0.3 is 0 Å². The Morgan fingerprint density at radius 2 is 2.00 bits per heavy atom. The van der Waals surface area contributed by atoms with Crippen molar-refractivity contribution in [3.05, 3.63) is 35.4 Å². The minimum absolute atomic E-state index is 0. The third-order valence-electron chi connectivity index (χ3n) is 4.85. The second kappa shape index (κ2) is 10.5. The van der Waals surface area contributed by atoms with Gasteiger partial charge in [-0.15, -0.1) is 24.0 Å². The summed E-state index contributed by atoms with van der Waals surface area (Å²) in [5.74, 6) is -0.637. The summed E-state index contributed by atoms with van der Waals surface area (Å²) < 4.78 is 32.6. The first-order valence-corrected chi connectivity index (χ1v) is 9.26. The number of rotatable bonds is 4. The molecule has 0 aliphatic carbocycles. The molecule has 2 N–H and O–H groups in total. The van der Waals surface area contributed by atoms with E-state index >= 15 is 0 Å². The normalized spacial score (nSPS) is 22.0. The van der Waals surface area contributed by atoms with Crippen LogP contribution in [0.5, 0.6) is 0 Å². The van der Waals surface area contributed by atoms with Crippen LogP contribution in [-0.4, -0.2) is 32.3 Å². The molecule has 1 heterocycles. The third kappa shape index (κ3) is 6.85. The van der Waals surface area contributed by atoms with Crippen LogP contribution in [0.4, 0.5) is 8.78 Å². The van der Waals surface area contributed by atoms with Gasteiger partial charge in [-0.25, -0.2) is 8.78 Å². The Labute approximate surface area is 178 Å². The molecule has 0 aromatic heterocycles. The summed E-state index contributed by atoms with van der Waals surface area (Å²) in [7, 11) is 1.70. The van der Waals surface area contributed by atoms with E-state index in [2.05, 4.69) is 36.4 Å². The molecule has 27 heavy (non-hydrogen) atoms. The van der Waals surface area contributed by atoms with Crippen LogP contribution in [0.1, 0.15) is 52.1 Å². The lowest BCUT2D eigenvalue weighted by atomic mass is 9.78. The minimum Gasteiger partial charge on any atom is -0.377 e. The van der Waals surface area contributed by atoms with Crippen LogP contribution in [0.25, 0.3) is 0 Å². The third-order valence-corrected chi connectivity index (χ3v) is 4.85. The predicted molar refractivity (Wildman–Crippen MR) is 117 cm³/mol. The standard InChI is InChI=1S/C20H31F2N3O.HI/c1-13(14-8-9-16(21)17(22)11-14)25-19(23-5)24-12-15-7-6-10-26-18(15)20(2,3)4;/h8-9,11,13,15,18H,6-7,10,12H2,1-5H3,(H2,23,24,25);1H. The van der Waals surface area contributed by atoms with E-state index < -0.39 is 11.6 Å². The van der Waals surface area contributed by atoms with E-state index in [1.54, 1.807) is 13.1 Å². The molecule has 1 fully saturated rings. The average Bonchev–Trinajstić information content (AvgIpc) is 2.60. The van der Waals surface area contributed by atoms with Crippen molar-refractivity contribution in [2.24, 2.45) is 16.3 Å². The van der Waals surface area contributed by atoms with E-state index in [0.29, 0.717) is 17.4 Å². The number of nitrogens with one attached hydrogen (secondary N) is 2. The monoisotopic (exact) mass is 495 g/mol. The molecule has 1 aliphatic rings. The quantitative estimate of drug-likeness (QED) is 0.363. The molecule has 0 amide bonds. The summed E-state index contributed by atoms with van der Waals surface area (Å²) in [5.41, 5.74) is 0.753. The largest absolute Gasteiger partial charge is 0.377 e. The van der Waals surface area contributed by atoms with Crippen molar-refractivity contribution in [1.82, 2.24) is 10.6 Å². The fraction of sp³-hybridized carbons (Fsp3) is 0.650. The Kier molecular flexibility index (Phi) is 9.41. The van der Waals surface area contributed by atoms with E-state index in [1.165, 1.54) is 6.07 Å². The average molecular weight is 495 g/mol. The SMILES string of the molecule is CN=C(NCC1CCCOC1C(C)(C)C)NC(C)c1ccc(F)c(F)c1.I. The highest BCUT2D eigenvalue weighted by atomic mass is 127. The van der Waals surface area contributed by atoms with Gasteiger partial charge in [-0.1, -0.05) is 26.8 Å². The Bertz CT molecular complexity index is 634. The molecular formula is C20H32F2IN3O. The Balaban J connectivity index is 0.00000364. The maximum atomic E-state index is 13.4. The molecule has 1 aromatic carbocycles. The van der Waals surface area contributed by atoms with Crippen molar-refractivity contribution in [3.8, 4) is 0 Å². The number of benzene rings is 1. The second-order valence-corrected chi connectivity index (χ2v) is 8.05. The summed E-state index contributed by atoms with van der Waals surface area (Å²) in [4.78, 5) is 4.25. The molecule has 2 rings (SSSR count). The lowest BCUT2D eigenvalue weighted by Gasteiger charge is -2.40. The number of nitrogens with zero attached hydrogens (tertiary/aromatic N) is 1. The zero-order valence-electron chi connectivity index (χ0n) is 16.8. The van der Waals surface area contributed by atoms with E-state index in [-0.39, 0.29) is 41.5 Å². The van der Waals surface area contributed by atoms with Crippen LogP contribution in [-0.2, 0) is 4.74 Å². The fourth-order valence-electron chi connectivity index (χ4n) is 3.50. The van der Waals surface area contributed by atoms with Gasteiger partial charge in [0.1, 0.15) is 0 Å². The maximum absolute atomic E-state index is 13.4. The smallest absolute Gasteiger partial charge is 0.191 e. The first-order valence-electron chi connectivity index (χ1n) is 9.26. The first-order chi connectivity index (χ1) is 12.2. The molecule has 3 atom stereocenters. The Morgan fingerprint density at radius 3 is 2.59 bits per heavy atom. The van der Waals surface area contributed by atoms with Crippen molar-refractivity contribution >= 4 is 29.9 Å². The van der Waals surface area contributed by atoms with Crippen LogP contribution in [0.15, 0.2) is 23.2 Å². The van der Waals surface area contributed by atoms with Crippen molar-refractivity contribution < 1.29 is 13.5 Å². The van der Waals surface area contributed by atoms with Gasteiger partial charge in [0.05, 0.1) is 12.1 Å². The van der Waals surface area contributed by atoms with Crippen molar-refractivity contribution in [2.75, 3.05) is 20.2 Å². The van der Waals surface area contributed by atoms with Gasteiger partial charge in [-0.2, -0.15) is 0 Å². The Morgan fingerprint density at radius 1 is 1.30 bits per heavy atom. The number of ether oxygens (including phenoxy) is 1. The second-order valence-electron chi connectivity index (χ2n) is 8.05. The van der Waals surface area contributed by atoms with Crippen LogP contribution < -0.4 is 10.6 Å². The summed E-state index contributed by atoms with van der Waals surface area (Å²) in [6, 6.07) is 3.74. The minimum atomic E-state index is -0.841. The number of aliphatic imine (C=N–C) groups is 1. The summed E-state index contributed by atoms with van der Waals surface area (Å²) in [6.07, 6.45) is 2.38. The number of halogens is 3. The van der Waals surface area contributed by atoms with E-state index in [0.717, 1.165) is 32.1 Å². The molecule has 1 saturated heterocycles. The van der Waals surface area contributed by atoms with Crippen LogP contribution >= 0.6 is 24.0 Å². The molecule has 0 saturated carbocycles. The van der Waals surface area contributed by atoms with Gasteiger partial charge in [-0.05, 0) is 42.9 Å². The molecule has 154 valence electrons. The highest BCUT2D eigenvalue weighted by Crippen LogP contribution is 2.33. The molecule has 4 nitrogen and oxygen atoms in total. The van der Waals surface area contributed by atoms with Gasteiger partial charge in [-0.3, -0.25) is 4.99 Å². The summed E-state index contributed by atoms with van der Waals surface area (Å²) in [6.45, 7) is 10.1. The zero-order chi connectivity index (χ0) is 19.3. The summed E-state index contributed by atoms with van der Waals surface area (Å²) in [5, 5.41) is 6.59. The van der Waals surface area contributed by atoms with Crippen molar-refractivity contribution in [3.63, 3.8) is 0 Å². The van der Waals surface area contributed by atoms with E-state index in [4.69, 9.17) is 4.74 Å². The first kappa shape index (κ1) is 24.1. The number of guanidine groups is 1. The van der Waals surface area contributed by atoms with E-state index in [9.17, 15) is 8.78 Å². The predicted octanol–water partition coefficient (Wildman–Crippen LogP) is 4.65. The van der Waals surface area contributed by atoms with Gasteiger partial charge in [0, 0.05) is 26.1 Å². The maximum Gasteiger partial charge on any atom is 0.191 e. The van der Waals surface area contributed by atoms with Crippen LogP contribution in [0.2, 0.25) is 0 Å². The molecule has 7 heteroatoms. The lowest BCUT2D eigenvalue weighted by molar-refractivity contribution is -0.0835. The molecule has 1 aliphatic heterocycles. The van der Waals surface area contributed by atoms with Gasteiger partial charge in [0.2, 0.25) is 0 Å². The molecule has 3 unspecified atom stereocenters. The van der Waals surface area contributed by atoms with E-state index in [1.807, 2.05) is 6.92 Å². The molecule has 0 spiro atoms. The van der Waals surface area contributed by atoms with Crippen LogP contribution in [0.3, 0.4) is 0 Å². The highest BCUT2D eigenvalue weighted by Gasteiger charge is 2.35. The summed E-state index contributed by atoms with van der Waals surface area (Å²) >= 11 is 0. The van der Waals surface area contributed by atoms with Crippen molar-refractivity contribution in [1.29, 1.82) is 0 Å². The van der Waals surface area contributed by atoms with Gasteiger partial charge in [0.15, 0.2) is 17.6 Å². The van der Waals surface area contributed by atoms with Gasteiger partial charge < -0.3 is 15.4 Å². The molecule has 0 radical (unpaired) electrons. The topological polar surface area (TPSA) is 45.7 Å². The highest BCUT2D eigenvalue weighted by molar-refractivity contribution is 14.0. The van der Waals surface area contributed by atoms with Gasteiger partial charge in [0.25, 0.3) is 0 Å². The fourth-order valence-corrected chi connectivity index (χ4v) is 3.50. The lowest BCUT2D eigenvalue weighted by Crippen LogP contribution is -2.47. The molecule has 0 bridgehead atoms.